The van der Waals surface area contributed by atoms with Crippen molar-refractivity contribution in [1.29, 1.82) is 0 Å². The number of alkyl halides is 4. The summed E-state index contributed by atoms with van der Waals surface area (Å²) in [6, 6.07) is 0.887. The second kappa shape index (κ2) is 9.03. The van der Waals surface area contributed by atoms with Crippen LogP contribution in [-0.4, -0.2) is 38.6 Å². The number of rotatable bonds is 8. The van der Waals surface area contributed by atoms with Crippen LogP contribution in [0.5, 0.6) is 0 Å². The van der Waals surface area contributed by atoms with Gasteiger partial charge < -0.3 is 26.4 Å². The Bertz CT molecular complexity index is 1430. The summed E-state index contributed by atoms with van der Waals surface area (Å²) in [4.78, 5) is 43.0. The zero-order valence-corrected chi connectivity index (χ0v) is 20.5. The topological polar surface area (TPSA) is 157 Å². The van der Waals surface area contributed by atoms with Crippen LogP contribution in [-0.2, 0) is 11.2 Å². The Labute approximate surface area is 218 Å². The van der Waals surface area contributed by atoms with Gasteiger partial charge in [-0.1, -0.05) is 0 Å². The van der Waals surface area contributed by atoms with Crippen molar-refractivity contribution < 1.29 is 36.3 Å². The number of hydrogen-bond acceptors (Lipinski definition) is 7. The lowest BCUT2D eigenvalue weighted by Gasteiger charge is -2.47. The molecular formula is C24H24F5N7O3. The molecule has 2 saturated carbocycles. The average Bonchev–Trinajstić information content (AvgIpc) is 3.41. The maximum atomic E-state index is 14.5. The van der Waals surface area contributed by atoms with Crippen LogP contribution in [0.3, 0.4) is 0 Å². The molecule has 2 unspecified atom stereocenters. The van der Waals surface area contributed by atoms with E-state index in [0.717, 1.165) is 18.5 Å². The summed E-state index contributed by atoms with van der Waals surface area (Å²) in [6.45, 7) is 1.42. The number of carbonyl (C=O) groups is 3. The molecule has 10 nitrogen and oxygen atoms in total. The first-order chi connectivity index (χ1) is 18.3. The third-order valence-electron chi connectivity index (χ3n) is 7.51. The molecule has 0 saturated heterocycles. The number of fused-ring (bicyclic) bond motifs is 3. The number of Topliss-reactive ketones (excluding diaryl/α,β-unsaturated/α-hetero) is 1. The Morgan fingerprint density at radius 1 is 1.26 bits per heavy atom. The van der Waals surface area contributed by atoms with E-state index in [1.54, 1.807) is 4.57 Å². The largest absolute Gasteiger partial charge is 0.399 e. The molecule has 2 amide bonds. The Balaban J connectivity index is 1.46. The van der Waals surface area contributed by atoms with Crippen LogP contribution in [0.15, 0.2) is 24.2 Å². The number of carbonyl (C=O) groups excluding carboxylic acids is 3. The maximum absolute atomic E-state index is 14.5. The third-order valence-corrected chi connectivity index (χ3v) is 7.51. The van der Waals surface area contributed by atoms with Gasteiger partial charge in [-0.05, 0) is 37.3 Å². The molecule has 2 aliphatic carbocycles. The van der Waals surface area contributed by atoms with Crippen LogP contribution < -0.4 is 27.6 Å². The number of nitrogens with zero attached hydrogens (tertiary/aromatic N) is 2. The lowest BCUT2D eigenvalue weighted by molar-refractivity contribution is -0.137. The molecule has 7 N–H and O–H groups in total. The van der Waals surface area contributed by atoms with E-state index in [2.05, 4.69) is 21.0 Å². The lowest BCUT2D eigenvalue weighted by atomic mass is 9.71. The summed E-state index contributed by atoms with van der Waals surface area (Å²) >= 11 is 0. The van der Waals surface area contributed by atoms with Gasteiger partial charge in [0.25, 0.3) is 29.9 Å². The number of hydrazine groups is 1. The van der Waals surface area contributed by atoms with Crippen molar-refractivity contribution in [2.45, 2.75) is 56.5 Å². The van der Waals surface area contributed by atoms with Crippen molar-refractivity contribution in [2.75, 3.05) is 5.32 Å². The maximum Gasteiger partial charge on any atom is 0.293 e. The summed E-state index contributed by atoms with van der Waals surface area (Å²) in [5.41, 5.74) is 4.82. The second-order valence-corrected chi connectivity index (χ2v) is 10.1. The van der Waals surface area contributed by atoms with Crippen molar-refractivity contribution in [3.63, 3.8) is 0 Å². The summed E-state index contributed by atoms with van der Waals surface area (Å²) < 4.78 is 69.8. The van der Waals surface area contributed by atoms with Gasteiger partial charge in [0.2, 0.25) is 0 Å². The van der Waals surface area contributed by atoms with Gasteiger partial charge in [0.05, 0.1) is 22.5 Å². The molecule has 3 heterocycles. The number of nitrogens with one attached hydrogen (secondary N) is 3. The smallest absolute Gasteiger partial charge is 0.293 e. The van der Waals surface area contributed by atoms with Crippen LogP contribution in [0, 0.1) is 18.7 Å². The van der Waals surface area contributed by atoms with E-state index >= 15 is 0 Å². The molecule has 2 aromatic rings. The molecule has 15 heteroatoms. The number of anilines is 1. The van der Waals surface area contributed by atoms with E-state index in [0.29, 0.717) is 18.5 Å². The Hall–Kier alpha value is -4.01. The molecule has 0 aromatic carbocycles. The average molecular weight is 553 g/mol. The minimum Gasteiger partial charge on any atom is -0.399 e. The molecule has 0 spiro atoms. The highest BCUT2D eigenvalue weighted by molar-refractivity contribution is 6.44. The number of nitrogens with two attached hydrogens (primary N) is 2. The molecule has 0 bridgehead atoms. The summed E-state index contributed by atoms with van der Waals surface area (Å²) in [7, 11) is 0. The Kier molecular flexibility index (Phi) is 6.16. The third kappa shape index (κ3) is 4.30. The fraction of sp³-hybridized carbons (Fsp3) is 0.417. The van der Waals surface area contributed by atoms with Gasteiger partial charge >= 0.3 is 0 Å². The molecule has 2 fully saturated rings. The normalized spacial score (nSPS) is 22.0. The van der Waals surface area contributed by atoms with Gasteiger partial charge in [-0.25, -0.2) is 22.0 Å². The van der Waals surface area contributed by atoms with E-state index in [9.17, 15) is 36.3 Å². The molecular weight excluding hydrogens is 529 g/mol. The number of halogens is 5. The molecule has 39 heavy (non-hydrogen) atoms. The van der Waals surface area contributed by atoms with Crippen molar-refractivity contribution in [2.24, 2.45) is 17.5 Å². The van der Waals surface area contributed by atoms with Crippen LogP contribution in [0.2, 0.25) is 0 Å². The van der Waals surface area contributed by atoms with Crippen LogP contribution >= 0.6 is 0 Å². The molecule has 2 aromatic heterocycles. The van der Waals surface area contributed by atoms with Crippen molar-refractivity contribution in [3.8, 4) is 0 Å². The van der Waals surface area contributed by atoms with Crippen molar-refractivity contribution in [1.82, 2.24) is 20.3 Å². The quantitative estimate of drug-likeness (QED) is 0.110. The van der Waals surface area contributed by atoms with E-state index in [-0.39, 0.29) is 34.5 Å². The van der Waals surface area contributed by atoms with Crippen molar-refractivity contribution in [3.05, 3.63) is 58.2 Å². The van der Waals surface area contributed by atoms with E-state index in [1.165, 1.54) is 6.92 Å². The highest BCUT2D eigenvalue weighted by atomic mass is 19.3. The number of hydrogen-bond donors (Lipinski definition) is 5. The van der Waals surface area contributed by atoms with Crippen LogP contribution in [0.4, 0.5) is 27.6 Å². The van der Waals surface area contributed by atoms with Gasteiger partial charge in [-0.2, -0.15) is 0 Å². The summed E-state index contributed by atoms with van der Waals surface area (Å²) in [6.07, 6.45) is -1.83. The molecule has 1 aliphatic heterocycles. The van der Waals surface area contributed by atoms with Crippen LogP contribution in [0.1, 0.15) is 69.5 Å². The lowest BCUT2D eigenvalue weighted by Crippen LogP contribution is -2.65. The first-order valence-electron chi connectivity index (χ1n) is 11.9. The van der Waals surface area contributed by atoms with E-state index < -0.39 is 65.5 Å². The van der Waals surface area contributed by atoms with E-state index in [4.69, 9.17) is 11.6 Å². The second-order valence-electron chi connectivity index (χ2n) is 10.1. The highest BCUT2D eigenvalue weighted by Gasteiger charge is 2.59. The molecule has 3 aliphatic rings. The first-order valence-corrected chi connectivity index (χ1v) is 11.9. The van der Waals surface area contributed by atoms with Crippen molar-refractivity contribution >= 4 is 23.3 Å². The predicted molar refractivity (Wildman–Crippen MR) is 126 cm³/mol. The minimum atomic E-state index is -3.21. The fourth-order valence-corrected chi connectivity index (χ4v) is 5.64. The number of pyridine rings is 1. The number of ketones is 1. The van der Waals surface area contributed by atoms with Gasteiger partial charge in [0.15, 0.2) is 5.82 Å². The van der Waals surface area contributed by atoms with Gasteiger partial charge in [-0.3, -0.25) is 25.2 Å². The summed E-state index contributed by atoms with van der Waals surface area (Å²) in [5, 5.41) is 4.58. The zero-order valence-electron chi connectivity index (χ0n) is 20.5. The molecule has 208 valence electrons. The van der Waals surface area contributed by atoms with Gasteiger partial charge in [0, 0.05) is 37.0 Å². The first kappa shape index (κ1) is 26.6. The monoisotopic (exact) mass is 553 g/mol. The highest BCUT2D eigenvalue weighted by Crippen LogP contribution is 2.54. The molecule has 2 atom stereocenters. The summed E-state index contributed by atoms with van der Waals surface area (Å²) in [5.74, 6) is -2.33. The number of aromatic nitrogens is 2. The van der Waals surface area contributed by atoms with E-state index in [1.807, 2.05) is 0 Å². The van der Waals surface area contributed by atoms with Gasteiger partial charge in [0.1, 0.15) is 11.4 Å². The number of amides is 2. The standard InChI is InChI=1S/C24H24F5N7O3/c1-9-15(19(37)22(39)35-23(14(30)6-33-31)7-24(28,29)8-23)13-5-10-4-12(10)36(13)18(9)21(38)34-11-2-3-32-17(16(11)25)20(26)27/h2-3,6,10,12,20,33H,4-5,7-8,30-31H2,1H3,(H,35,39)(H,32,34,38)/b14-6-. The zero-order chi connectivity index (χ0) is 28.4. The van der Waals surface area contributed by atoms with Gasteiger partial charge in [-0.15, -0.1) is 0 Å². The predicted octanol–water partition coefficient (Wildman–Crippen LogP) is 2.37. The SMILES string of the molecule is Cc1c(C(=O)C(=O)NC2(/C(N)=C/NN)CC(F)(F)C2)c2n(c1C(=O)Nc1ccnc(C(F)F)c1F)C1CC1C2. The molecule has 5 rings (SSSR count). The van der Waals surface area contributed by atoms with Crippen LogP contribution in [0.25, 0.3) is 0 Å². The Morgan fingerprint density at radius 3 is 2.56 bits per heavy atom. The molecule has 0 radical (unpaired) electrons. The minimum absolute atomic E-state index is 0.0300. The fourth-order valence-electron chi connectivity index (χ4n) is 5.64. The Morgan fingerprint density at radius 2 is 1.95 bits per heavy atom.